The maximum Gasteiger partial charge on any atom is 0.149 e. The lowest BCUT2D eigenvalue weighted by Crippen LogP contribution is -2.12. The van der Waals surface area contributed by atoms with Crippen molar-refractivity contribution >= 4 is 28.7 Å². The molecule has 6 heteroatoms. The van der Waals surface area contributed by atoms with Crippen LogP contribution in [0, 0.1) is 11.6 Å². The third kappa shape index (κ3) is 2.60. The Balaban J connectivity index is 2.34. The number of anilines is 2. The van der Waals surface area contributed by atoms with Crippen molar-refractivity contribution in [3.05, 3.63) is 53.7 Å². The number of benzene rings is 1. The molecule has 2 aromatic rings. The second-order valence-electron chi connectivity index (χ2n) is 3.49. The van der Waals surface area contributed by atoms with E-state index in [2.05, 4.69) is 10.3 Å². The van der Waals surface area contributed by atoms with Crippen LogP contribution in [0.15, 0.2) is 36.4 Å². The van der Waals surface area contributed by atoms with Crippen LogP contribution >= 0.6 is 12.2 Å². The fourth-order valence-corrected chi connectivity index (χ4v) is 1.50. The molecule has 0 bridgehead atoms. The highest BCUT2D eigenvalue weighted by molar-refractivity contribution is 7.80. The molecule has 3 N–H and O–H groups in total. The van der Waals surface area contributed by atoms with E-state index in [-0.39, 0.29) is 16.5 Å². The molecule has 0 radical (unpaired) electrons. The number of aromatic nitrogens is 1. The van der Waals surface area contributed by atoms with Crippen LogP contribution < -0.4 is 11.1 Å². The molecule has 0 saturated carbocycles. The van der Waals surface area contributed by atoms with Crippen molar-refractivity contribution in [2.75, 3.05) is 5.32 Å². The highest BCUT2D eigenvalue weighted by Gasteiger charge is 2.09. The Bertz CT molecular complexity index is 581. The molecule has 1 heterocycles. The molecule has 0 amide bonds. The molecule has 2 rings (SSSR count). The van der Waals surface area contributed by atoms with E-state index < -0.39 is 11.6 Å². The molecule has 0 spiro atoms. The zero-order valence-corrected chi connectivity index (χ0v) is 9.97. The Morgan fingerprint density at radius 2 is 1.72 bits per heavy atom. The van der Waals surface area contributed by atoms with Crippen molar-refractivity contribution in [1.29, 1.82) is 0 Å². The summed E-state index contributed by atoms with van der Waals surface area (Å²) < 4.78 is 26.8. The summed E-state index contributed by atoms with van der Waals surface area (Å²) in [6.45, 7) is 0. The fourth-order valence-electron chi connectivity index (χ4n) is 1.39. The Labute approximate surface area is 108 Å². The maximum atomic E-state index is 13.4. The first kappa shape index (κ1) is 12.4. The van der Waals surface area contributed by atoms with Gasteiger partial charge in [-0.25, -0.2) is 13.8 Å². The van der Waals surface area contributed by atoms with Gasteiger partial charge in [-0.2, -0.15) is 0 Å². The first-order valence-corrected chi connectivity index (χ1v) is 5.46. The minimum Gasteiger partial charge on any atom is -0.388 e. The van der Waals surface area contributed by atoms with Crippen LogP contribution in [0.5, 0.6) is 0 Å². The predicted octanol–water partition coefficient (Wildman–Crippen LogP) is 2.74. The van der Waals surface area contributed by atoms with Crippen molar-refractivity contribution in [2.24, 2.45) is 5.73 Å². The molecule has 3 nitrogen and oxygen atoms in total. The quantitative estimate of drug-likeness (QED) is 0.838. The number of para-hydroxylation sites is 1. The standard InChI is InChI=1S/C12H9F2N3S/c13-7-3-1-4-8(14)11(7)17-10-6-2-5-9(16-10)12(15)18/h1-6H,(H2,15,18)(H,16,17). The third-order valence-corrected chi connectivity index (χ3v) is 2.43. The summed E-state index contributed by atoms with van der Waals surface area (Å²) in [6, 6.07) is 8.42. The lowest BCUT2D eigenvalue weighted by atomic mass is 10.3. The number of halogens is 2. The molecule has 0 fully saturated rings. The molecule has 1 aromatic carbocycles. The van der Waals surface area contributed by atoms with Crippen LogP contribution in [0.25, 0.3) is 0 Å². The molecule has 0 atom stereocenters. The largest absolute Gasteiger partial charge is 0.388 e. The average Bonchev–Trinajstić information content (AvgIpc) is 2.34. The lowest BCUT2D eigenvalue weighted by Gasteiger charge is -2.08. The molecule has 0 aliphatic rings. The summed E-state index contributed by atoms with van der Waals surface area (Å²) in [6.07, 6.45) is 0. The SMILES string of the molecule is NC(=S)c1cccc(Nc2c(F)cccc2F)n1. The van der Waals surface area contributed by atoms with Gasteiger partial charge in [-0.05, 0) is 24.3 Å². The van der Waals surface area contributed by atoms with Crippen molar-refractivity contribution in [3.63, 3.8) is 0 Å². The van der Waals surface area contributed by atoms with Gasteiger partial charge in [0.1, 0.15) is 28.1 Å². The molecular weight excluding hydrogens is 256 g/mol. The summed E-state index contributed by atoms with van der Waals surface area (Å²) >= 11 is 4.78. The highest BCUT2D eigenvalue weighted by Crippen LogP contribution is 2.21. The lowest BCUT2D eigenvalue weighted by molar-refractivity contribution is 0.590. The molecule has 1 aromatic heterocycles. The highest BCUT2D eigenvalue weighted by atomic mass is 32.1. The van der Waals surface area contributed by atoms with Gasteiger partial charge < -0.3 is 11.1 Å². The monoisotopic (exact) mass is 265 g/mol. The van der Waals surface area contributed by atoms with Gasteiger partial charge in [-0.15, -0.1) is 0 Å². The molecule has 0 aliphatic carbocycles. The van der Waals surface area contributed by atoms with Crippen LogP contribution in [-0.4, -0.2) is 9.97 Å². The Hall–Kier alpha value is -2.08. The minimum absolute atomic E-state index is 0.118. The van der Waals surface area contributed by atoms with Crippen LogP contribution in [0.1, 0.15) is 5.69 Å². The van der Waals surface area contributed by atoms with Crippen LogP contribution in [-0.2, 0) is 0 Å². The van der Waals surface area contributed by atoms with E-state index in [0.717, 1.165) is 12.1 Å². The topological polar surface area (TPSA) is 50.9 Å². The van der Waals surface area contributed by atoms with Gasteiger partial charge in [-0.3, -0.25) is 0 Å². The summed E-state index contributed by atoms with van der Waals surface area (Å²) in [7, 11) is 0. The summed E-state index contributed by atoms with van der Waals surface area (Å²) in [5, 5.41) is 2.56. The molecule has 0 unspecified atom stereocenters. The van der Waals surface area contributed by atoms with E-state index in [1.807, 2.05) is 0 Å². The van der Waals surface area contributed by atoms with Crippen LogP contribution in [0.3, 0.4) is 0 Å². The summed E-state index contributed by atoms with van der Waals surface area (Å²) in [4.78, 5) is 4.16. The zero-order chi connectivity index (χ0) is 13.1. The number of pyridine rings is 1. The number of nitrogens with one attached hydrogen (secondary N) is 1. The Morgan fingerprint density at radius 3 is 2.33 bits per heavy atom. The first-order chi connectivity index (χ1) is 8.58. The molecule has 0 aliphatic heterocycles. The Kier molecular flexibility index (Phi) is 3.47. The smallest absolute Gasteiger partial charge is 0.149 e. The first-order valence-electron chi connectivity index (χ1n) is 5.06. The van der Waals surface area contributed by atoms with Crippen molar-refractivity contribution in [3.8, 4) is 0 Å². The number of nitrogens with two attached hydrogens (primary N) is 1. The molecule has 0 saturated heterocycles. The van der Waals surface area contributed by atoms with E-state index in [9.17, 15) is 8.78 Å². The minimum atomic E-state index is -0.697. The van der Waals surface area contributed by atoms with Crippen LogP contribution in [0.2, 0.25) is 0 Å². The van der Waals surface area contributed by atoms with E-state index in [1.165, 1.54) is 6.07 Å². The number of hydrogen-bond donors (Lipinski definition) is 2. The van der Waals surface area contributed by atoms with E-state index >= 15 is 0 Å². The van der Waals surface area contributed by atoms with Gasteiger partial charge in [0.15, 0.2) is 0 Å². The summed E-state index contributed by atoms with van der Waals surface area (Å²) in [5.41, 5.74) is 5.55. The number of hydrogen-bond acceptors (Lipinski definition) is 3. The zero-order valence-electron chi connectivity index (χ0n) is 9.15. The van der Waals surface area contributed by atoms with Gasteiger partial charge in [0, 0.05) is 0 Å². The van der Waals surface area contributed by atoms with Gasteiger partial charge in [0.2, 0.25) is 0 Å². The third-order valence-electron chi connectivity index (χ3n) is 2.22. The molecule has 92 valence electrons. The van der Waals surface area contributed by atoms with E-state index in [1.54, 1.807) is 18.2 Å². The number of thiocarbonyl (C=S) groups is 1. The summed E-state index contributed by atoms with van der Waals surface area (Å²) in [5.74, 6) is -1.13. The van der Waals surface area contributed by atoms with Crippen molar-refractivity contribution in [2.45, 2.75) is 0 Å². The van der Waals surface area contributed by atoms with Crippen LogP contribution in [0.4, 0.5) is 20.3 Å². The maximum absolute atomic E-state index is 13.4. The average molecular weight is 265 g/mol. The predicted molar refractivity (Wildman–Crippen MR) is 69.8 cm³/mol. The van der Waals surface area contributed by atoms with Gasteiger partial charge >= 0.3 is 0 Å². The van der Waals surface area contributed by atoms with E-state index in [4.69, 9.17) is 18.0 Å². The van der Waals surface area contributed by atoms with Crippen molar-refractivity contribution < 1.29 is 8.78 Å². The van der Waals surface area contributed by atoms with Gasteiger partial charge in [0.05, 0.1) is 5.69 Å². The second-order valence-corrected chi connectivity index (χ2v) is 3.93. The molecule has 18 heavy (non-hydrogen) atoms. The van der Waals surface area contributed by atoms with Crippen molar-refractivity contribution in [1.82, 2.24) is 4.98 Å². The molecular formula is C12H9F2N3S. The van der Waals surface area contributed by atoms with Gasteiger partial charge in [-0.1, -0.05) is 24.4 Å². The second kappa shape index (κ2) is 5.05. The number of nitrogens with zero attached hydrogens (tertiary/aromatic N) is 1. The number of rotatable bonds is 3. The Morgan fingerprint density at radius 1 is 1.11 bits per heavy atom. The van der Waals surface area contributed by atoms with E-state index in [0.29, 0.717) is 5.69 Å². The normalized spacial score (nSPS) is 10.1. The van der Waals surface area contributed by atoms with Gasteiger partial charge in [0.25, 0.3) is 0 Å². The fraction of sp³-hybridized carbons (Fsp3) is 0.